The van der Waals surface area contributed by atoms with Gasteiger partial charge in [0.05, 0.1) is 17.9 Å². The van der Waals surface area contributed by atoms with Crippen LogP contribution in [0.2, 0.25) is 0 Å². The Labute approximate surface area is 148 Å². The fourth-order valence-corrected chi connectivity index (χ4v) is 3.49. The Morgan fingerprint density at radius 3 is 2.64 bits per heavy atom. The summed E-state index contributed by atoms with van der Waals surface area (Å²) < 4.78 is 5.10. The number of esters is 1. The molecule has 25 heavy (non-hydrogen) atoms. The first kappa shape index (κ1) is 17.2. The van der Waals surface area contributed by atoms with Crippen molar-refractivity contribution >= 4 is 17.6 Å². The number of aryl methyl sites for hydroxylation is 1. The van der Waals surface area contributed by atoms with E-state index < -0.39 is 5.97 Å². The first-order valence-corrected chi connectivity index (χ1v) is 8.72. The summed E-state index contributed by atoms with van der Waals surface area (Å²) in [5.74, 6) is -0.136. The molecule has 0 saturated carbocycles. The standard InChI is InChI=1S/C21H23NO3/c1-3-25-21(24)18-10-6-7-11-19(18)22(2)20(23)14-16-13-12-15-8-4-5-9-17(15)16/h4-11,16H,3,12-14H2,1-2H3. The van der Waals surface area contributed by atoms with Crippen molar-refractivity contribution in [3.05, 3.63) is 65.2 Å². The van der Waals surface area contributed by atoms with E-state index in [9.17, 15) is 9.59 Å². The molecule has 0 fully saturated rings. The van der Waals surface area contributed by atoms with E-state index in [0.717, 1.165) is 12.8 Å². The lowest BCUT2D eigenvalue weighted by atomic mass is 9.97. The number of nitrogens with zero attached hydrogens (tertiary/aromatic N) is 1. The van der Waals surface area contributed by atoms with Crippen LogP contribution in [-0.2, 0) is 16.0 Å². The molecule has 0 heterocycles. The highest BCUT2D eigenvalue weighted by atomic mass is 16.5. The van der Waals surface area contributed by atoms with Gasteiger partial charge < -0.3 is 9.64 Å². The Morgan fingerprint density at radius 1 is 1.12 bits per heavy atom. The van der Waals surface area contributed by atoms with E-state index in [1.165, 1.54) is 11.1 Å². The summed E-state index contributed by atoms with van der Waals surface area (Å²) in [6.45, 7) is 2.08. The number of hydrogen-bond donors (Lipinski definition) is 0. The van der Waals surface area contributed by atoms with E-state index >= 15 is 0 Å². The Balaban J connectivity index is 1.77. The molecule has 0 saturated heterocycles. The van der Waals surface area contributed by atoms with Crippen molar-refractivity contribution in [2.75, 3.05) is 18.6 Å². The van der Waals surface area contributed by atoms with Crippen LogP contribution in [0.3, 0.4) is 0 Å². The summed E-state index contributed by atoms with van der Waals surface area (Å²) in [4.78, 5) is 26.5. The van der Waals surface area contributed by atoms with E-state index in [1.807, 2.05) is 18.2 Å². The normalized spacial score (nSPS) is 15.5. The second kappa shape index (κ2) is 7.51. The molecule has 0 aromatic heterocycles. The maximum atomic E-state index is 12.8. The van der Waals surface area contributed by atoms with Gasteiger partial charge in [-0.3, -0.25) is 4.79 Å². The second-order valence-electron chi connectivity index (χ2n) is 6.33. The SMILES string of the molecule is CCOC(=O)c1ccccc1N(C)C(=O)CC1CCc2ccccc21. The first-order chi connectivity index (χ1) is 12.1. The van der Waals surface area contributed by atoms with E-state index in [0.29, 0.717) is 24.3 Å². The predicted octanol–water partition coefficient (Wildman–Crippen LogP) is 3.95. The minimum atomic E-state index is -0.399. The number of carbonyl (C=O) groups is 2. The van der Waals surface area contributed by atoms with E-state index in [1.54, 1.807) is 37.1 Å². The molecule has 2 aromatic carbocycles. The molecule has 0 spiro atoms. The highest BCUT2D eigenvalue weighted by molar-refractivity contribution is 6.02. The second-order valence-corrected chi connectivity index (χ2v) is 6.33. The van der Waals surface area contributed by atoms with Crippen LogP contribution >= 0.6 is 0 Å². The van der Waals surface area contributed by atoms with Crippen LogP contribution in [0.5, 0.6) is 0 Å². The van der Waals surface area contributed by atoms with Crippen molar-refractivity contribution in [3.8, 4) is 0 Å². The highest BCUT2D eigenvalue weighted by Crippen LogP contribution is 2.36. The number of ether oxygens (including phenoxy) is 1. The molecule has 1 aliphatic rings. The zero-order valence-electron chi connectivity index (χ0n) is 14.7. The molecular weight excluding hydrogens is 314 g/mol. The number of benzene rings is 2. The zero-order valence-corrected chi connectivity index (χ0v) is 14.7. The third kappa shape index (κ3) is 3.58. The minimum Gasteiger partial charge on any atom is -0.462 e. The molecule has 0 N–H and O–H groups in total. The van der Waals surface area contributed by atoms with Crippen LogP contribution in [-0.4, -0.2) is 25.5 Å². The lowest BCUT2D eigenvalue weighted by Gasteiger charge is -2.22. The first-order valence-electron chi connectivity index (χ1n) is 8.72. The Bertz CT molecular complexity index is 784. The summed E-state index contributed by atoms with van der Waals surface area (Å²) >= 11 is 0. The van der Waals surface area contributed by atoms with Crippen LogP contribution in [0.25, 0.3) is 0 Å². The van der Waals surface area contributed by atoms with Crippen molar-refractivity contribution in [1.29, 1.82) is 0 Å². The van der Waals surface area contributed by atoms with Crippen LogP contribution in [0.4, 0.5) is 5.69 Å². The van der Waals surface area contributed by atoms with Gasteiger partial charge >= 0.3 is 5.97 Å². The minimum absolute atomic E-state index is 0.0125. The van der Waals surface area contributed by atoms with Gasteiger partial charge in [-0.1, -0.05) is 36.4 Å². The zero-order chi connectivity index (χ0) is 17.8. The van der Waals surface area contributed by atoms with Crippen LogP contribution in [0, 0.1) is 0 Å². The molecular formula is C21H23NO3. The molecule has 2 aromatic rings. The Hall–Kier alpha value is -2.62. The van der Waals surface area contributed by atoms with E-state index in [2.05, 4.69) is 12.1 Å². The van der Waals surface area contributed by atoms with Gasteiger partial charge in [-0.15, -0.1) is 0 Å². The largest absolute Gasteiger partial charge is 0.462 e. The maximum Gasteiger partial charge on any atom is 0.340 e. The van der Waals surface area contributed by atoms with Crippen molar-refractivity contribution in [2.45, 2.75) is 32.1 Å². The molecule has 1 atom stereocenters. The van der Waals surface area contributed by atoms with Crippen molar-refractivity contribution in [1.82, 2.24) is 0 Å². The lowest BCUT2D eigenvalue weighted by Crippen LogP contribution is -2.29. The number of para-hydroxylation sites is 1. The molecule has 3 rings (SSSR count). The van der Waals surface area contributed by atoms with Gasteiger partial charge in [-0.25, -0.2) is 4.79 Å². The third-order valence-electron chi connectivity index (χ3n) is 4.81. The van der Waals surface area contributed by atoms with Gasteiger partial charge in [-0.2, -0.15) is 0 Å². The number of anilines is 1. The number of carbonyl (C=O) groups excluding carboxylic acids is 2. The van der Waals surface area contributed by atoms with E-state index in [4.69, 9.17) is 4.74 Å². The Morgan fingerprint density at radius 2 is 1.84 bits per heavy atom. The van der Waals surface area contributed by atoms with Crippen LogP contribution in [0.1, 0.15) is 47.2 Å². The topological polar surface area (TPSA) is 46.6 Å². The quantitative estimate of drug-likeness (QED) is 0.776. The molecule has 1 aliphatic carbocycles. The van der Waals surface area contributed by atoms with Gasteiger partial charge in [0.25, 0.3) is 0 Å². The molecule has 1 unspecified atom stereocenters. The summed E-state index contributed by atoms with van der Waals surface area (Å²) in [6, 6.07) is 15.4. The lowest BCUT2D eigenvalue weighted by molar-refractivity contribution is -0.118. The van der Waals surface area contributed by atoms with Crippen LogP contribution in [0.15, 0.2) is 48.5 Å². The molecule has 0 radical (unpaired) electrons. The summed E-state index contributed by atoms with van der Waals surface area (Å²) in [5, 5.41) is 0. The molecule has 0 bridgehead atoms. The van der Waals surface area contributed by atoms with Crippen molar-refractivity contribution in [2.24, 2.45) is 0 Å². The van der Waals surface area contributed by atoms with Gasteiger partial charge in [0.1, 0.15) is 0 Å². The summed E-state index contributed by atoms with van der Waals surface area (Å²) in [5.41, 5.74) is 3.64. The van der Waals surface area contributed by atoms with Crippen LogP contribution < -0.4 is 4.90 Å². The monoisotopic (exact) mass is 337 g/mol. The third-order valence-corrected chi connectivity index (χ3v) is 4.81. The molecule has 0 aliphatic heterocycles. The van der Waals surface area contributed by atoms with E-state index in [-0.39, 0.29) is 11.8 Å². The average molecular weight is 337 g/mol. The molecule has 4 heteroatoms. The number of fused-ring (bicyclic) bond motifs is 1. The summed E-state index contributed by atoms with van der Waals surface area (Å²) in [6.07, 6.45) is 2.47. The Kier molecular flexibility index (Phi) is 5.17. The fourth-order valence-electron chi connectivity index (χ4n) is 3.49. The van der Waals surface area contributed by atoms with Gasteiger partial charge in [-0.05, 0) is 48.9 Å². The van der Waals surface area contributed by atoms with Gasteiger partial charge in [0, 0.05) is 13.5 Å². The fraction of sp³-hybridized carbons (Fsp3) is 0.333. The smallest absolute Gasteiger partial charge is 0.340 e. The van der Waals surface area contributed by atoms with Gasteiger partial charge in [0.15, 0.2) is 0 Å². The number of hydrogen-bond acceptors (Lipinski definition) is 3. The van der Waals surface area contributed by atoms with Crippen molar-refractivity contribution < 1.29 is 14.3 Å². The number of rotatable bonds is 5. The molecule has 1 amide bonds. The van der Waals surface area contributed by atoms with Gasteiger partial charge in [0.2, 0.25) is 5.91 Å². The number of amides is 1. The van der Waals surface area contributed by atoms with Crippen molar-refractivity contribution in [3.63, 3.8) is 0 Å². The highest BCUT2D eigenvalue weighted by Gasteiger charge is 2.27. The predicted molar refractivity (Wildman–Crippen MR) is 97.9 cm³/mol. The average Bonchev–Trinajstić information content (AvgIpc) is 3.04. The maximum absolute atomic E-state index is 12.8. The summed E-state index contributed by atoms with van der Waals surface area (Å²) in [7, 11) is 1.72. The molecule has 130 valence electrons. The molecule has 4 nitrogen and oxygen atoms in total.